The zero-order valence-electron chi connectivity index (χ0n) is 23.6. The highest BCUT2D eigenvalue weighted by Crippen LogP contribution is 2.33. The van der Waals surface area contributed by atoms with Crippen molar-refractivity contribution < 1.29 is 52.4 Å². The third-order valence-corrected chi connectivity index (χ3v) is 6.05. The number of amides is 1. The summed E-state index contributed by atoms with van der Waals surface area (Å²) in [5.41, 5.74) is 2.77. The van der Waals surface area contributed by atoms with Crippen molar-refractivity contribution in [2.45, 2.75) is 65.3 Å². The largest absolute Gasteiger partial charge is 0.463 e. The minimum Gasteiger partial charge on any atom is -0.463 e. The second kappa shape index (κ2) is 13.8. The first-order valence-corrected chi connectivity index (χ1v) is 12.8. The van der Waals surface area contributed by atoms with Crippen LogP contribution in [0.3, 0.4) is 0 Å². The third-order valence-electron chi connectivity index (χ3n) is 6.05. The summed E-state index contributed by atoms with van der Waals surface area (Å²) in [6.07, 6.45) is -6.45. The molecule has 0 spiro atoms. The lowest BCUT2D eigenvalue weighted by Gasteiger charge is -2.44. The van der Waals surface area contributed by atoms with Gasteiger partial charge in [0.25, 0.3) is 5.91 Å². The minimum atomic E-state index is -1.35. The molecule has 1 N–H and O–H groups in total. The third kappa shape index (κ3) is 8.27. The van der Waals surface area contributed by atoms with Crippen LogP contribution in [-0.4, -0.2) is 74.1 Å². The average Bonchev–Trinajstić information content (AvgIpc) is 2.90. The predicted molar refractivity (Wildman–Crippen MR) is 143 cm³/mol. The molecule has 1 aliphatic heterocycles. The Hall–Kier alpha value is -4.45. The van der Waals surface area contributed by atoms with Crippen molar-refractivity contribution in [3.05, 3.63) is 53.6 Å². The van der Waals surface area contributed by atoms with E-state index in [1.54, 1.807) is 44.3 Å². The van der Waals surface area contributed by atoms with E-state index in [4.69, 9.17) is 28.4 Å². The van der Waals surface area contributed by atoms with Gasteiger partial charge in [-0.25, -0.2) is 0 Å². The number of esters is 4. The van der Waals surface area contributed by atoms with Crippen LogP contribution in [0.4, 0.5) is 0 Å². The minimum absolute atomic E-state index is 0.216. The average molecular weight is 572 g/mol. The van der Waals surface area contributed by atoms with Crippen LogP contribution in [0.2, 0.25) is 0 Å². The van der Waals surface area contributed by atoms with Gasteiger partial charge < -0.3 is 33.7 Å². The van der Waals surface area contributed by atoms with E-state index >= 15 is 0 Å². The summed E-state index contributed by atoms with van der Waals surface area (Å²) in [7, 11) is 1.55. The highest BCUT2D eigenvalue weighted by molar-refractivity contribution is 5.95. The molecule has 1 aliphatic rings. The first kappa shape index (κ1) is 31.1. The molecule has 220 valence electrons. The molecule has 12 heteroatoms. The van der Waals surface area contributed by atoms with Crippen LogP contribution in [-0.2, 0) is 42.9 Å². The SMILES string of the molecule is CNC(=O)c1cccc(-c2ccc(O[C@H]3O[C@H](COC(C)=O)[C@@H](OC(C)=O)[C@H](OC(C)=O)[C@@H]3OC(C)=O)c(C)c2)c1. The Bertz CT molecular complexity index is 1310. The Balaban J connectivity index is 1.98. The van der Waals surface area contributed by atoms with E-state index in [9.17, 15) is 24.0 Å². The zero-order valence-corrected chi connectivity index (χ0v) is 23.6. The van der Waals surface area contributed by atoms with Gasteiger partial charge >= 0.3 is 23.9 Å². The molecular formula is C29H33NO11. The number of carbonyl (C=O) groups excluding carboxylic acids is 5. The summed E-state index contributed by atoms with van der Waals surface area (Å²) in [5.74, 6) is -2.69. The number of nitrogens with one attached hydrogen (secondary N) is 1. The Morgan fingerprint density at radius 2 is 1.39 bits per heavy atom. The fraction of sp³-hybridized carbons (Fsp3) is 0.414. The van der Waals surface area contributed by atoms with Crippen LogP contribution >= 0.6 is 0 Å². The maximum atomic E-state index is 12.1. The molecular weight excluding hydrogens is 538 g/mol. The zero-order chi connectivity index (χ0) is 30.3. The number of carbonyl (C=O) groups is 5. The van der Waals surface area contributed by atoms with Gasteiger partial charge in [0.1, 0.15) is 18.5 Å². The molecule has 2 aromatic carbocycles. The summed E-state index contributed by atoms with van der Waals surface area (Å²) < 4.78 is 33.5. The molecule has 41 heavy (non-hydrogen) atoms. The number of rotatable bonds is 9. The molecule has 1 saturated heterocycles. The van der Waals surface area contributed by atoms with Crippen molar-refractivity contribution in [2.24, 2.45) is 0 Å². The van der Waals surface area contributed by atoms with Crippen molar-refractivity contribution in [2.75, 3.05) is 13.7 Å². The van der Waals surface area contributed by atoms with Gasteiger partial charge in [0.15, 0.2) is 12.2 Å². The van der Waals surface area contributed by atoms with E-state index in [0.717, 1.165) is 31.9 Å². The molecule has 0 saturated carbocycles. The molecule has 12 nitrogen and oxygen atoms in total. The second-order valence-electron chi connectivity index (χ2n) is 9.33. The van der Waals surface area contributed by atoms with Gasteiger partial charge in [-0.15, -0.1) is 0 Å². The van der Waals surface area contributed by atoms with Gasteiger partial charge in [0.2, 0.25) is 12.4 Å². The lowest BCUT2D eigenvalue weighted by molar-refractivity contribution is -0.288. The van der Waals surface area contributed by atoms with E-state index in [1.165, 1.54) is 6.92 Å². The first-order valence-electron chi connectivity index (χ1n) is 12.8. The van der Waals surface area contributed by atoms with Crippen LogP contribution in [0.25, 0.3) is 11.1 Å². The van der Waals surface area contributed by atoms with Crippen LogP contribution < -0.4 is 10.1 Å². The van der Waals surface area contributed by atoms with E-state index in [-0.39, 0.29) is 12.5 Å². The van der Waals surface area contributed by atoms with Crippen molar-refractivity contribution in [3.63, 3.8) is 0 Å². The Kier molecular flexibility index (Phi) is 10.4. The fourth-order valence-electron chi connectivity index (χ4n) is 4.35. The molecule has 0 radical (unpaired) electrons. The molecule has 0 aromatic heterocycles. The molecule has 5 atom stereocenters. The lowest BCUT2D eigenvalue weighted by atomic mass is 9.97. The summed E-state index contributed by atoms with van der Waals surface area (Å²) in [5, 5.41) is 2.60. The standard InChI is InChI=1S/C29H33NO11/c1-15-12-21(20-8-7-9-22(13-20)28(35)30-6)10-11-23(15)40-29-27(39-19(5)34)26(38-18(4)33)25(37-17(3)32)24(41-29)14-36-16(2)31/h7-13,24-27,29H,14H2,1-6H3,(H,30,35)/t24-,25-,26+,27+,29+/m1/s1. The number of hydrogen-bond acceptors (Lipinski definition) is 11. The van der Waals surface area contributed by atoms with Gasteiger partial charge in [0, 0.05) is 40.3 Å². The Morgan fingerprint density at radius 3 is 1.98 bits per heavy atom. The predicted octanol–water partition coefficient (Wildman–Crippen LogP) is 2.48. The van der Waals surface area contributed by atoms with Crippen molar-refractivity contribution in [3.8, 4) is 16.9 Å². The lowest BCUT2D eigenvalue weighted by Crippen LogP contribution is -2.63. The Morgan fingerprint density at radius 1 is 0.780 bits per heavy atom. The van der Waals surface area contributed by atoms with Gasteiger partial charge in [-0.05, 0) is 47.9 Å². The van der Waals surface area contributed by atoms with Gasteiger partial charge in [-0.2, -0.15) is 0 Å². The maximum Gasteiger partial charge on any atom is 0.303 e. The molecule has 1 heterocycles. The van der Waals surface area contributed by atoms with E-state index in [1.807, 2.05) is 12.1 Å². The van der Waals surface area contributed by atoms with Crippen LogP contribution in [0.5, 0.6) is 5.75 Å². The van der Waals surface area contributed by atoms with Gasteiger partial charge in [-0.1, -0.05) is 18.2 Å². The molecule has 0 unspecified atom stereocenters. The number of ether oxygens (including phenoxy) is 6. The summed E-state index contributed by atoms with van der Waals surface area (Å²) in [6, 6.07) is 12.4. The summed E-state index contributed by atoms with van der Waals surface area (Å²) in [6.45, 7) is 6.05. The Labute approximate surface area is 237 Å². The van der Waals surface area contributed by atoms with Crippen molar-refractivity contribution in [1.29, 1.82) is 0 Å². The van der Waals surface area contributed by atoms with Crippen LogP contribution in [0, 0.1) is 6.92 Å². The fourth-order valence-corrected chi connectivity index (χ4v) is 4.35. The van der Waals surface area contributed by atoms with Crippen LogP contribution in [0.15, 0.2) is 42.5 Å². The quantitative estimate of drug-likeness (QED) is 0.349. The van der Waals surface area contributed by atoms with Gasteiger partial charge in [-0.3, -0.25) is 24.0 Å². The van der Waals surface area contributed by atoms with E-state index < -0.39 is 54.6 Å². The smallest absolute Gasteiger partial charge is 0.303 e. The molecule has 2 aromatic rings. The number of hydrogen-bond donors (Lipinski definition) is 1. The second-order valence-corrected chi connectivity index (χ2v) is 9.33. The molecule has 3 rings (SSSR count). The summed E-state index contributed by atoms with van der Waals surface area (Å²) >= 11 is 0. The highest BCUT2D eigenvalue weighted by atomic mass is 16.7. The number of aryl methyl sites for hydroxylation is 1. The summed E-state index contributed by atoms with van der Waals surface area (Å²) in [4.78, 5) is 59.6. The van der Waals surface area contributed by atoms with E-state index in [0.29, 0.717) is 16.9 Å². The topological polar surface area (TPSA) is 153 Å². The van der Waals surface area contributed by atoms with Crippen molar-refractivity contribution >= 4 is 29.8 Å². The molecule has 0 aliphatic carbocycles. The maximum absolute atomic E-state index is 12.1. The monoisotopic (exact) mass is 571 g/mol. The number of benzene rings is 2. The first-order chi connectivity index (χ1) is 19.4. The normalized spacial score (nSPS) is 21.7. The molecule has 1 fully saturated rings. The van der Waals surface area contributed by atoms with Crippen LogP contribution in [0.1, 0.15) is 43.6 Å². The molecule has 0 bridgehead atoms. The van der Waals surface area contributed by atoms with Gasteiger partial charge in [0.05, 0.1) is 0 Å². The highest BCUT2D eigenvalue weighted by Gasteiger charge is 2.53. The van der Waals surface area contributed by atoms with Crippen molar-refractivity contribution in [1.82, 2.24) is 5.32 Å². The molecule has 1 amide bonds. The van der Waals surface area contributed by atoms with E-state index in [2.05, 4.69) is 5.32 Å².